The van der Waals surface area contributed by atoms with Gasteiger partial charge in [0.15, 0.2) is 0 Å². The van der Waals surface area contributed by atoms with Gasteiger partial charge in [0.05, 0.1) is 0 Å². The third-order valence-corrected chi connectivity index (χ3v) is 4.96. The Bertz CT molecular complexity index is 229. The van der Waals surface area contributed by atoms with E-state index in [0.29, 0.717) is 17.9 Å². The first-order valence-corrected chi connectivity index (χ1v) is 6.66. The van der Waals surface area contributed by atoms with Crippen LogP contribution in [0.25, 0.3) is 0 Å². The topological polar surface area (TPSA) is 23.5 Å². The van der Waals surface area contributed by atoms with E-state index in [9.17, 15) is 0 Å². The van der Waals surface area contributed by atoms with Crippen molar-refractivity contribution >= 4 is 0 Å². The van der Waals surface area contributed by atoms with Crippen LogP contribution >= 0.6 is 0 Å². The molecule has 15 heavy (non-hydrogen) atoms. The van der Waals surface area contributed by atoms with E-state index in [1.54, 1.807) is 0 Å². The van der Waals surface area contributed by atoms with E-state index in [1.165, 1.54) is 58.0 Å². The highest BCUT2D eigenvalue weighted by atomic mass is 16.3. The van der Waals surface area contributed by atoms with Crippen LogP contribution in [0.4, 0.5) is 0 Å². The van der Waals surface area contributed by atoms with Crippen molar-refractivity contribution in [2.24, 2.45) is 11.3 Å². The van der Waals surface area contributed by atoms with Crippen molar-refractivity contribution in [1.82, 2.24) is 4.90 Å². The molecule has 1 N–H and O–H groups in total. The summed E-state index contributed by atoms with van der Waals surface area (Å²) in [6.45, 7) is 3.15. The summed E-state index contributed by atoms with van der Waals surface area (Å²) < 4.78 is 0. The van der Waals surface area contributed by atoms with Crippen LogP contribution in [0.3, 0.4) is 0 Å². The van der Waals surface area contributed by atoms with Gasteiger partial charge in [0, 0.05) is 19.2 Å². The van der Waals surface area contributed by atoms with Crippen LogP contribution in [0, 0.1) is 11.3 Å². The maximum atomic E-state index is 9.16. The number of nitrogens with zero attached hydrogens (tertiary/aromatic N) is 1. The van der Waals surface area contributed by atoms with Crippen LogP contribution in [0.2, 0.25) is 0 Å². The van der Waals surface area contributed by atoms with Crippen molar-refractivity contribution in [3.63, 3.8) is 0 Å². The lowest BCUT2D eigenvalue weighted by atomic mass is 9.70. The van der Waals surface area contributed by atoms with Crippen LogP contribution in [-0.2, 0) is 0 Å². The molecule has 1 saturated heterocycles. The van der Waals surface area contributed by atoms with Gasteiger partial charge in [0.25, 0.3) is 0 Å². The van der Waals surface area contributed by atoms with Gasteiger partial charge in [0.1, 0.15) is 0 Å². The van der Waals surface area contributed by atoms with Crippen molar-refractivity contribution in [2.75, 3.05) is 19.7 Å². The van der Waals surface area contributed by atoms with Crippen LogP contribution < -0.4 is 0 Å². The van der Waals surface area contributed by atoms with Crippen molar-refractivity contribution in [3.8, 4) is 0 Å². The molecule has 3 fully saturated rings. The van der Waals surface area contributed by atoms with Gasteiger partial charge in [0.2, 0.25) is 0 Å². The molecule has 3 rings (SSSR count). The third kappa shape index (κ3) is 1.94. The van der Waals surface area contributed by atoms with Gasteiger partial charge in [-0.1, -0.05) is 0 Å². The molecular weight excluding hydrogens is 186 g/mol. The van der Waals surface area contributed by atoms with Crippen molar-refractivity contribution in [3.05, 3.63) is 0 Å². The highest BCUT2D eigenvalue weighted by molar-refractivity contribution is 4.98. The molecule has 1 spiro atoms. The first-order valence-electron chi connectivity index (χ1n) is 6.66. The Balaban J connectivity index is 1.57. The van der Waals surface area contributed by atoms with Gasteiger partial charge < -0.3 is 5.11 Å². The summed E-state index contributed by atoms with van der Waals surface area (Å²) >= 11 is 0. The summed E-state index contributed by atoms with van der Waals surface area (Å²) in [5, 5.41) is 9.16. The molecule has 2 heteroatoms. The van der Waals surface area contributed by atoms with Gasteiger partial charge in [-0.2, -0.15) is 0 Å². The normalized spacial score (nSPS) is 42.6. The molecule has 0 amide bonds. The summed E-state index contributed by atoms with van der Waals surface area (Å²) in [6.07, 6.45) is 9.64. The number of hydrogen-bond donors (Lipinski definition) is 1. The van der Waals surface area contributed by atoms with E-state index in [0.717, 1.165) is 6.04 Å². The highest BCUT2D eigenvalue weighted by Gasteiger charge is 2.44. The van der Waals surface area contributed by atoms with Crippen molar-refractivity contribution < 1.29 is 5.11 Å². The Morgan fingerprint density at radius 3 is 2.40 bits per heavy atom. The zero-order chi connectivity index (χ0) is 10.3. The average Bonchev–Trinajstić information content (AvgIpc) is 3.04. The quantitative estimate of drug-likeness (QED) is 0.752. The molecule has 0 aromatic carbocycles. The molecule has 2 nitrogen and oxygen atoms in total. The molecule has 3 aliphatic rings. The summed E-state index contributed by atoms with van der Waals surface area (Å²) in [7, 11) is 0. The molecule has 0 bridgehead atoms. The summed E-state index contributed by atoms with van der Waals surface area (Å²) in [5.41, 5.74) is 0.661. The van der Waals surface area contributed by atoms with Gasteiger partial charge in [-0.3, -0.25) is 4.90 Å². The fourth-order valence-corrected chi connectivity index (χ4v) is 3.60. The molecule has 0 aromatic heterocycles. The Kier molecular flexibility index (Phi) is 2.52. The minimum atomic E-state index is 0.419. The number of likely N-dealkylation sites (tertiary alicyclic amines) is 1. The summed E-state index contributed by atoms with van der Waals surface area (Å²) in [4.78, 5) is 2.74. The van der Waals surface area contributed by atoms with Crippen LogP contribution in [0.1, 0.15) is 44.9 Å². The predicted octanol–water partition coefficient (Wildman–Crippen LogP) is 2.02. The lowest BCUT2D eigenvalue weighted by Gasteiger charge is -2.36. The van der Waals surface area contributed by atoms with Crippen LogP contribution in [-0.4, -0.2) is 35.7 Å². The van der Waals surface area contributed by atoms with E-state index in [-0.39, 0.29) is 0 Å². The van der Waals surface area contributed by atoms with Crippen molar-refractivity contribution in [1.29, 1.82) is 0 Å². The van der Waals surface area contributed by atoms with Gasteiger partial charge in [-0.15, -0.1) is 0 Å². The van der Waals surface area contributed by atoms with E-state index in [4.69, 9.17) is 5.11 Å². The average molecular weight is 209 g/mol. The standard InChI is InChI=1S/C13H23NO/c15-9-11-3-5-13(6-4-11)7-8-14(10-13)12-1-2-12/h11-12,15H,1-10H2. The number of aliphatic hydroxyl groups is 1. The maximum Gasteiger partial charge on any atom is 0.0459 e. The van der Waals surface area contributed by atoms with Crippen LogP contribution in [0.5, 0.6) is 0 Å². The zero-order valence-corrected chi connectivity index (χ0v) is 9.62. The van der Waals surface area contributed by atoms with Gasteiger partial charge in [-0.05, 0) is 62.8 Å². The molecule has 1 heterocycles. The second-order valence-corrected chi connectivity index (χ2v) is 6.08. The second-order valence-electron chi connectivity index (χ2n) is 6.08. The SMILES string of the molecule is OCC1CCC2(CC1)CCN(C1CC1)C2. The van der Waals surface area contributed by atoms with E-state index in [1.807, 2.05) is 0 Å². The number of rotatable bonds is 2. The minimum Gasteiger partial charge on any atom is -0.396 e. The Morgan fingerprint density at radius 2 is 1.80 bits per heavy atom. The number of hydrogen-bond acceptors (Lipinski definition) is 2. The van der Waals surface area contributed by atoms with E-state index >= 15 is 0 Å². The van der Waals surface area contributed by atoms with Crippen molar-refractivity contribution in [2.45, 2.75) is 51.0 Å². The minimum absolute atomic E-state index is 0.419. The predicted molar refractivity (Wildman–Crippen MR) is 60.7 cm³/mol. The highest BCUT2D eigenvalue weighted by Crippen LogP contribution is 2.47. The molecule has 0 unspecified atom stereocenters. The number of aliphatic hydroxyl groups excluding tert-OH is 1. The summed E-state index contributed by atoms with van der Waals surface area (Å²) in [5.74, 6) is 0.616. The molecular formula is C13H23NO. The molecule has 86 valence electrons. The molecule has 0 radical (unpaired) electrons. The second kappa shape index (κ2) is 3.74. The maximum absolute atomic E-state index is 9.16. The first-order chi connectivity index (χ1) is 7.31. The smallest absolute Gasteiger partial charge is 0.0459 e. The van der Waals surface area contributed by atoms with Crippen LogP contribution in [0.15, 0.2) is 0 Å². The van der Waals surface area contributed by atoms with Gasteiger partial charge >= 0.3 is 0 Å². The van der Waals surface area contributed by atoms with Gasteiger partial charge in [-0.25, -0.2) is 0 Å². The molecule has 2 saturated carbocycles. The first kappa shape index (κ1) is 10.1. The van der Waals surface area contributed by atoms with E-state index in [2.05, 4.69) is 4.90 Å². The zero-order valence-electron chi connectivity index (χ0n) is 9.62. The largest absolute Gasteiger partial charge is 0.396 e. The molecule has 2 aliphatic carbocycles. The summed E-state index contributed by atoms with van der Waals surface area (Å²) in [6, 6.07) is 0.958. The van der Waals surface area contributed by atoms with E-state index < -0.39 is 0 Å². The molecule has 1 aliphatic heterocycles. The lowest BCUT2D eigenvalue weighted by Crippen LogP contribution is -2.32. The Morgan fingerprint density at radius 1 is 1.07 bits per heavy atom. The third-order valence-electron chi connectivity index (χ3n) is 4.96. The molecule has 0 aromatic rings. The monoisotopic (exact) mass is 209 g/mol. The fraction of sp³-hybridized carbons (Fsp3) is 1.00. The Hall–Kier alpha value is -0.0800. The Labute approximate surface area is 92.7 Å². The molecule has 0 atom stereocenters. The lowest BCUT2D eigenvalue weighted by molar-refractivity contribution is 0.110. The fourth-order valence-electron chi connectivity index (χ4n) is 3.60.